The monoisotopic (exact) mass is 206 g/mol. The summed E-state index contributed by atoms with van der Waals surface area (Å²) in [6.45, 7) is 3.61. The van der Waals surface area contributed by atoms with Gasteiger partial charge in [0.15, 0.2) is 0 Å². The highest BCUT2D eigenvalue weighted by atomic mass is 16.5. The first-order valence-electron chi connectivity index (χ1n) is 4.66. The van der Waals surface area contributed by atoms with Crippen LogP contribution in [0.3, 0.4) is 0 Å². The van der Waals surface area contributed by atoms with Gasteiger partial charge in [-0.25, -0.2) is 0 Å². The number of carbonyl (C=O) groups excluding carboxylic acids is 1. The van der Waals surface area contributed by atoms with E-state index in [4.69, 9.17) is 0 Å². The zero-order valence-electron chi connectivity index (χ0n) is 8.69. The molecule has 0 bridgehead atoms. The van der Waals surface area contributed by atoms with E-state index in [1.165, 1.54) is 7.11 Å². The molecule has 0 atom stereocenters. The number of carbonyl (C=O) groups is 1. The van der Waals surface area contributed by atoms with E-state index < -0.39 is 0 Å². The Bertz CT molecular complexity index is 369. The second-order valence-electron chi connectivity index (χ2n) is 3.16. The molecule has 0 aliphatic heterocycles. The highest BCUT2D eigenvalue weighted by Gasteiger charge is 2.10. The fraction of sp³-hybridized carbons (Fsp3) is 0.250. The summed E-state index contributed by atoms with van der Waals surface area (Å²) < 4.78 is 4.58. The van der Waals surface area contributed by atoms with E-state index >= 15 is 0 Å². The van der Waals surface area contributed by atoms with Crippen LogP contribution in [0, 0.1) is 0 Å². The number of hydrogen-bond acceptors (Lipinski definition) is 3. The van der Waals surface area contributed by atoms with Crippen LogP contribution in [0.1, 0.15) is 11.1 Å². The number of ether oxygens (including phenoxy) is 1. The second-order valence-corrected chi connectivity index (χ2v) is 3.16. The summed E-state index contributed by atoms with van der Waals surface area (Å²) in [4.78, 5) is 11.1. The van der Waals surface area contributed by atoms with Gasteiger partial charge in [0, 0.05) is 5.56 Å². The molecule has 0 aromatic heterocycles. The molecule has 1 N–H and O–H groups in total. The van der Waals surface area contributed by atoms with Crippen molar-refractivity contribution in [3.8, 4) is 5.75 Å². The third-order valence-electron chi connectivity index (χ3n) is 2.16. The van der Waals surface area contributed by atoms with Crippen molar-refractivity contribution < 1.29 is 14.6 Å². The number of benzene rings is 1. The summed E-state index contributed by atoms with van der Waals surface area (Å²) in [6.07, 6.45) is 2.41. The summed E-state index contributed by atoms with van der Waals surface area (Å²) in [6, 6.07) is 5.11. The molecule has 80 valence electrons. The predicted molar refractivity (Wildman–Crippen MR) is 57.7 cm³/mol. The number of esters is 1. The average molecular weight is 206 g/mol. The highest BCUT2D eigenvalue weighted by Crippen LogP contribution is 2.22. The molecule has 0 spiro atoms. The molecule has 0 saturated heterocycles. The van der Waals surface area contributed by atoms with Crippen LogP contribution < -0.4 is 0 Å². The molecule has 15 heavy (non-hydrogen) atoms. The van der Waals surface area contributed by atoms with Gasteiger partial charge in [0.1, 0.15) is 5.75 Å². The number of aromatic hydroxyl groups is 1. The van der Waals surface area contributed by atoms with E-state index in [0.717, 1.165) is 11.1 Å². The van der Waals surface area contributed by atoms with Gasteiger partial charge in [-0.1, -0.05) is 18.2 Å². The molecule has 1 aromatic carbocycles. The van der Waals surface area contributed by atoms with Crippen LogP contribution in [-0.4, -0.2) is 18.2 Å². The molecule has 0 aliphatic rings. The molecule has 1 aromatic rings. The Morgan fingerprint density at radius 2 is 2.33 bits per heavy atom. The molecular formula is C12H14O3. The van der Waals surface area contributed by atoms with Crippen molar-refractivity contribution in [2.75, 3.05) is 7.11 Å². The molecule has 0 radical (unpaired) electrons. The summed E-state index contributed by atoms with van der Waals surface area (Å²) in [5, 5.41) is 9.61. The fourth-order valence-corrected chi connectivity index (χ4v) is 1.39. The number of phenols is 1. The lowest BCUT2D eigenvalue weighted by atomic mass is 10.0. The van der Waals surface area contributed by atoms with Gasteiger partial charge in [-0.2, -0.15) is 0 Å². The zero-order valence-corrected chi connectivity index (χ0v) is 8.69. The zero-order chi connectivity index (χ0) is 11.3. The minimum atomic E-state index is -0.314. The molecule has 0 amide bonds. The molecule has 3 nitrogen and oxygen atoms in total. The second kappa shape index (κ2) is 5.20. The van der Waals surface area contributed by atoms with Crippen LogP contribution in [0.2, 0.25) is 0 Å². The first kappa shape index (κ1) is 11.3. The van der Waals surface area contributed by atoms with Crippen molar-refractivity contribution in [3.05, 3.63) is 42.0 Å². The third kappa shape index (κ3) is 2.84. The molecular weight excluding hydrogens is 192 g/mol. The predicted octanol–water partition coefficient (Wildman–Crippen LogP) is 1.84. The van der Waals surface area contributed by atoms with Crippen LogP contribution in [0.5, 0.6) is 5.75 Å². The first-order chi connectivity index (χ1) is 7.19. The lowest BCUT2D eigenvalue weighted by Gasteiger charge is -2.08. The van der Waals surface area contributed by atoms with Crippen LogP contribution in [-0.2, 0) is 22.4 Å². The number of hydrogen-bond donors (Lipinski definition) is 1. The molecule has 0 saturated carbocycles. The van der Waals surface area contributed by atoms with E-state index in [-0.39, 0.29) is 18.1 Å². The van der Waals surface area contributed by atoms with Crippen molar-refractivity contribution >= 4 is 5.97 Å². The minimum Gasteiger partial charge on any atom is -0.508 e. The van der Waals surface area contributed by atoms with Crippen LogP contribution in [0.4, 0.5) is 0 Å². The van der Waals surface area contributed by atoms with Gasteiger partial charge >= 0.3 is 5.97 Å². The van der Waals surface area contributed by atoms with Crippen molar-refractivity contribution in [3.63, 3.8) is 0 Å². The van der Waals surface area contributed by atoms with Crippen molar-refractivity contribution in [1.29, 1.82) is 0 Å². The fourth-order valence-electron chi connectivity index (χ4n) is 1.39. The average Bonchev–Trinajstić information content (AvgIpc) is 2.23. The van der Waals surface area contributed by atoms with Crippen LogP contribution in [0.15, 0.2) is 30.9 Å². The van der Waals surface area contributed by atoms with Gasteiger partial charge in [0.2, 0.25) is 0 Å². The van der Waals surface area contributed by atoms with Crippen molar-refractivity contribution in [1.82, 2.24) is 0 Å². The van der Waals surface area contributed by atoms with Gasteiger partial charge in [-0.3, -0.25) is 4.79 Å². The quantitative estimate of drug-likeness (QED) is 0.604. The van der Waals surface area contributed by atoms with Crippen LogP contribution in [0.25, 0.3) is 0 Å². The number of allylic oxidation sites excluding steroid dienone is 1. The maximum Gasteiger partial charge on any atom is 0.309 e. The minimum absolute atomic E-state index is 0.175. The summed E-state index contributed by atoms with van der Waals surface area (Å²) in [5.74, 6) is -0.123. The maximum absolute atomic E-state index is 11.1. The van der Waals surface area contributed by atoms with Crippen molar-refractivity contribution in [2.45, 2.75) is 12.8 Å². The Labute approximate surface area is 89.0 Å². The number of phenolic OH excluding ortho intramolecular Hbond substituents is 1. The number of methoxy groups -OCH3 is 1. The summed E-state index contributed by atoms with van der Waals surface area (Å²) in [5.41, 5.74) is 1.51. The van der Waals surface area contributed by atoms with Gasteiger partial charge in [0.05, 0.1) is 13.5 Å². The third-order valence-corrected chi connectivity index (χ3v) is 2.16. The molecule has 0 fully saturated rings. The van der Waals surface area contributed by atoms with E-state index in [1.807, 2.05) is 0 Å². The Morgan fingerprint density at radius 3 is 2.93 bits per heavy atom. The van der Waals surface area contributed by atoms with Gasteiger partial charge in [0.25, 0.3) is 0 Å². The standard InChI is InChI=1S/C12H14O3/c1-3-5-10-9(8-12(14)15-2)6-4-7-11(10)13/h3-4,6-7,13H,1,5,8H2,2H3. The molecule has 0 unspecified atom stereocenters. The molecule has 0 aliphatic carbocycles. The first-order valence-corrected chi connectivity index (χ1v) is 4.66. The highest BCUT2D eigenvalue weighted by molar-refractivity contribution is 5.73. The van der Waals surface area contributed by atoms with E-state index in [0.29, 0.717) is 6.42 Å². The molecule has 0 heterocycles. The Kier molecular flexibility index (Phi) is 3.92. The number of rotatable bonds is 4. The largest absolute Gasteiger partial charge is 0.508 e. The normalized spacial score (nSPS) is 9.67. The van der Waals surface area contributed by atoms with E-state index in [1.54, 1.807) is 24.3 Å². The Balaban J connectivity index is 2.99. The Hall–Kier alpha value is -1.77. The Morgan fingerprint density at radius 1 is 1.60 bits per heavy atom. The van der Waals surface area contributed by atoms with Gasteiger partial charge in [-0.05, 0) is 18.1 Å². The SMILES string of the molecule is C=CCc1c(O)cccc1CC(=O)OC. The van der Waals surface area contributed by atoms with Crippen molar-refractivity contribution in [2.24, 2.45) is 0 Å². The molecule has 3 heteroatoms. The van der Waals surface area contributed by atoms with Gasteiger partial charge < -0.3 is 9.84 Å². The summed E-state index contributed by atoms with van der Waals surface area (Å²) in [7, 11) is 1.35. The lowest BCUT2D eigenvalue weighted by Crippen LogP contribution is -2.06. The summed E-state index contributed by atoms with van der Waals surface area (Å²) >= 11 is 0. The molecule has 1 rings (SSSR count). The maximum atomic E-state index is 11.1. The van der Waals surface area contributed by atoms with E-state index in [2.05, 4.69) is 11.3 Å². The van der Waals surface area contributed by atoms with Gasteiger partial charge in [-0.15, -0.1) is 6.58 Å². The smallest absolute Gasteiger partial charge is 0.309 e. The topological polar surface area (TPSA) is 46.5 Å². The van der Waals surface area contributed by atoms with E-state index in [9.17, 15) is 9.90 Å². The lowest BCUT2D eigenvalue weighted by molar-refractivity contribution is -0.139. The van der Waals surface area contributed by atoms with Crippen LogP contribution >= 0.6 is 0 Å².